The summed E-state index contributed by atoms with van der Waals surface area (Å²) in [6.07, 6.45) is 2.01. The molecular formula is C24H31N3O5. The first-order valence-corrected chi connectivity index (χ1v) is 10.9. The van der Waals surface area contributed by atoms with Crippen LogP contribution in [0.1, 0.15) is 25.3 Å². The molecule has 0 bridgehead atoms. The number of rotatable bonds is 7. The molecule has 2 aliphatic rings. The van der Waals surface area contributed by atoms with Gasteiger partial charge in [0.05, 0.1) is 41.1 Å². The normalized spacial score (nSPS) is 19.6. The summed E-state index contributed by atoms with van der Waals surface area (Å²) in [4.78, 5) is 4.81. The molecule has 2 N–H and O–H groups in total. The highest BCUT2D eigenvalue weighted by atomic mass is 16.5. The molecule has 2 atom stereocenters. The van der Waals surface area contributed by atoms with E-state index in [2.05, 4.69) is 17.6 Å². The molecule has 1 aliphatic carbocycles. The molecular weight excluding hydrogens is 410 g/mol. The molecule has 1 saturated carbocycles. The lowest BCUT2D eigenvalue weighted by atomic mass is 10.2. The number of guanidine groups is 1. The first-order valence-electron chi connectivity index (χ1n) is 10.9. The monoisotopic (exact) mass is 441 g/mol. The van der Waals surface area contributed by atoms with Gasteiger partial charge in [-0.3, -0.25) is 0 Å². The van der Waals surface area contributed by atoms with E-state index in [-0.39, 0.29) is 0 Å². The van der Waals surface area contributed by atoms with E-state index in [1.807, 2.05) is 30.3 Å². The van der Waals surface area contributed by atoms with Crippen molar-refractivity contribution in [3.05, 3.63) is 35.9 Å². The second kappa shape index (κ2) is 9.89. The number of ether oxygens (including phenoxy) is 5. The topological polar surface area (TPSA) is 82.6 Å². The van der Waals surface area contributed by atoms with E-state index in [0.29, 0.717) is 54.9 Å². The van der Waals surface area contributed by atoms with Crippen LogP contribution in [0.25, 0.3) is 0 Å². The van der Waals surface area contributed by atoms with Gasteiger partial charge in [-0.2, -0.15) is 0 Å². The number of fused-ring (bicyclic) bond motifs is 1. The Bertz CT molecular complexity index is 953. The van der Waals surface area contributed by atoms with Crippen molar-refractivity contribution < 1.29 is 23.7 Å². The third-order valence-corrected chi connectivity index (χ3v) is 5.59. The van der Waals surface area contributed by atoms with Gasteiger partial charge in [-0.1, -0.05) is 6.92 Å². The Morgan fingerprint density at radius 1 is 1.00 bits per heavy atom. The van der Waals surface area contributed by atoms with E-state index in [0.717, 1.165) is 35.6 Å². The highest BCUT2D eigenvalue weighted by molar-refractivity contribution is 5.94. The van der Waals surface area contributed by atoms with Gasteiger partial charge in [-0.25, -0.2) is 4.99 Å². The average molecular weight is 442 g/mol. The van der Waals surface area contributed by atoms with Crippen LogP contribution in [0.3, 0.4) is 0 Å². The molecule has 4 rings (SSSR count). The molecule has 172 valence electrons. The van der Waals surface area contributed by atoms with Crippen molar-refractivity contribution in [1.29, 1.82) is 0 Å². The number of methoxy groups -OCH3 is 3. The molecule has 2 aromatic rings. The molecule has 1 aliphatic heterocycles. The van der Waals surface area contributed by atoms with Gasteiger partial charge in [0.25, 0.3) is 0 Å². The number of benzene rings is 2. The Morgan fingerprint density at radius 2 is 1.69 bits per heavy atom. The predicted molar refractivity (Wildman–Crippen MR) is 124 cm³/mol. The zero-order valence-corrected chi connectivity index (χ0v) is 19.1. The first kappa shape index (κ1) is 21.9. The Hall–Kier alpha value is -3.29. The van der Waals surface area contributed by atoms with Crippen LogP contribution in [-0.2, 0) is 6.54 Å². The van der Waals surface area contributed by atoms with Crippen molar-refractivity contribution >= 4 is 11.6 Å². The molecule has 0 spiro atoms. The van der Waals surface area contributed by atoms with E-state index in [9.17, 15) is 0 Å². The van der Waals surface area contributed by atoms with E-state index in [4.69, 9.17) is 28.7 Å². The second-order valence-corrected chi connectivity index (χ2v) is 8.00. The molecule has 32 heavy (non-hydrogen) atoms. The van der Waals surface area contributed by atoms with Crippen molar-refractivity contribution in [2.24, 2.45) is 10.9 Å². The van der Waals surface area contributed by atoms with Crippen molar-refractivity contribution in [1.82, 2.24) is 5.32 Å². The van der Waals surface area contributed by atoms with Gasteiger partial charge < -0.3 is 34.3 Å². The van der Waals surface area contributed by atoms with Gasteiger partial charge in [0, 0.05) is 24.2 Å². The SMILES string of the molecule is COc1cc(CN=C(Nc2ccc3c(c2)OCCCO3)NC2CC2C)cc(OC)c1OC. The highest BCUT2D eigenvalue weighted by Crippen LogP contribution is 2.38. The minimum absolute atomic E-state index is 0.418. The second-order valence-electron chi connectivity index (χ2n) is 8.00. The van der Waals surface area contributed by atoms with Crippen LogP contribution in [0.4, 0.5) is 5.69 Å². The van der Waals surface area contributed by atoms with Crippen LogP contribution in [0.5, 0.6) is 28.7 Å². The lowest BCUT2D eigenvalue weighted by Gasteiger charge is -2.16. The Labute approximate surface area is 188 Å². The minimum Gasteiger partial charge on any atom is -0.493 e. The lowest BCUT2D eigenvalue weighted by molar-refractivity contribution is 0.297. The maximum Gasteiger partial charge on any atom is 0.203 e. The summed E-state index contributed by atoms with van der Waals surface area (Å²) in [6, 6.07) is 10.1. The fraction of sp³-hybridized carbons (Fsp3) is 0.458. The highest BCUT2D eigenvalue weighted by Gasteiger charge is 2.33. The number of nitrogens with zero attached hydrogens (tertiary/aromatic N) is 1. The third-order valence-electron chi connectivity index (χ3n) is 5.59. The summed E-state index contributed by atoms with van der Waals surface area (Å²) in [7, 11) is 4.81. The van der Waals surface area contributed by atoms with E-state index in [1.165, 1.54) is 0 Å². The Morgan fingerprint density at radius 3 is 2.31 bits per heavy atom. The summed E-state index contributed by atoms with van der Waals surface area (Å²) >= 11 is 0. The first-order chi connectivity index (χ1) is 15.6. The van der Waals surface area contributed by atoms with Crippen LogP contribution in [-0.4, -0.2) is 46.5 Å². The summed E-state index contributed by atoms with van der Waals surface area (Å²) < 4.78 is 27.9. The van der Waals surface area contributed by atoms with Crippen molar-refractivity contribution in [2.45, 2.75) is 32.4 Å². The van der Waals surface area contributed by atoms with Crippen molar-refractivity contribution in [2.75, 3.05) is 39.9 Å². The van der Waals surface area contributed by atoms with Crippen molar-refractivity contribution in [3.8, 4) is 28.7 Å². The zero-order chi connectivity index (χ0) is 22.5. The number of hydrogen-bond acceptors (Lipinski definition) is 6. The molecule has 0 saturated heterocycles. The van der Waals surface area contributed by atoms with Crippen LogP contribution >= 0.6 is 0 Å². The molecule has 0 amide bonds. The largest absolute Gasteiger partial charge is 0.493 e. The summed E-state index contributed by atoms with van der Waals surface area (Å²) in [5, 5.41) is 6.92. The summed E-state index contributed by atoms with van der Waals surface area (Å²) in [5.74, 6) is 4.65. The molecule has 1 heterocycles. The van der Waals surface area contributed by atoms with Crippen LogP contribution in [0, 0.1) is 5.92 Å². The number of hydrogen-bond donors (Lipinski definition) is 2. The van der Waals surface area contributed by atoms with Gasteiger partial charge in [0.1, 0.15) is 0 Å². The Balaban J connectivity index is 1.55. The van der Waals surface area contributed by atoms with E-state index >= 15 is 0 Å². The van der Waals surface area contributed by atoms with Gasteiger partial charge in [0.2, 0.25) is 5.75 Å². The van der Waals surface area contributed by atoms with Gasteiger partial charge in [0.15, 0.2) is 29.0 Å². The lowest BCUT2D eigenvalue weighted by Crippen LogP contribution is -2.33. The molecule has 0 radical (unpaired) electrons. The molecule has 2 unspecified atom stereocenters. The summed E-state index contributed by atoms with van der Waals surface area (Å²) in [6.45, 7) is 3.98. The van der Waals surface area contributed by atoms with Crippen LogP contribution < -0.4 is 34.3 Å². The number of nitrogens with one attached hydrogen (secondary N) is 2. The van der Waals surface area contributed by atoms with Gasteiger partial charge in [-0.05, 0) is 42.2 Å². The fourth-order valence-electron chi connectivity index (χ4n) is 3.59. The predicted octanol–water partition coefficient (Wildman–Crippen LogP) is 3.84. The Kier molecular flexibility index (Phi) is 6.78. The van der Waals surface area contributed by atoms with Gasteiger partial charge in [-0.15, -0.1) is 0 Å². The average Bonchev–Trinajstić information content (AvgIpc) is 3.56. The molecule has 1 fully saturated rings. The smallest absolute Gasteiger partial charge is 0.203 e. The fourth-order valence-corrected chi connectivity index (χ4v) is 3.59. The third kappa shape index (κ3) is 5.12. The number of aliphatic imine (C=N–C) groups is 1. The standard InChI is InChI=1S/C24H31N3O5/c1-15-10-18(15)27-24(26-17-6-7-19-20(13-17)32-9-5-8-31-19)25-14-16-11-21(28-2)23(30-4)22(12-16)29-3/h6-7,11-13,15,18H,5,8-10,14H2,1-4H3,(H2,25,26,27). The maximum atomic E-state index is 5.82. The maximum absolute atomic E-state index is 5.82. The van der Waals surface area contributed by atoms with Crippen LogP contribution in [0.15, 0.2) is 35.3 Å². The van der Waals surface area contributed by atoms with E-state index in [1.54, 1.807) is 21.3 Å². The van der Waals surface area contributed by atoms with E-state index < -0.39 is 0 Å². The quantitative estimate of drug-likeness (QED) is 0.499. The zero-order valence-electron chi connectivity index (χ0n) is 19.1. The van der Waals surface area contributed by atoms with Crippen LogP contribution in [0.2, 0.25) is 0 Å². The minimum atomic E-state index is 0.418. The number of anilines is 1. The summed E-state index contributed by atoms with van der Waals surface area (Å²) in [5.41, 5.74) is 1.84. The molecule has 8 heteroatoms. The van der Waals surface area contributed by atoms with Gasteiger partial charge >= 0.3 is 0 Å². The molecule has 8 nitrogen and oxygen atoms in total. The molecule has 0 aromatic heterocycles. The van der Waals surface area contributed by atoms with Crippen molar-refractivity contribution in [3.63, 3.8) is 0 Å². The molecule has 2 aromatic carbocycles.